The lowest BCUT2D eigenvalue weighted by Crippen LogP contribution is -2.24. The van der Waals surface area contributed by atoms with Crippen LogP contribution in [0.5, 0.6) is 0 Å². The molecule has 522 valence electrons. The number of aliphatic hydroxyl groups is 3. The summed E-state index contributed by atoms with van der Waals surface area (Å²) < 4.78 is 10.3. The Bertz CT molecular complexity index is 1360. The third-order valence-corrected chi connectivity index (χ3v) is 12.2. The highest BCUT2D eigenvalue weighted by molar-refractivity contribution is 5.83. The number of hydrogen-bond acceptors (Lipinski definition) is 8. The first-order chi connectivity index (χ1) is 35.9. The topological polar surface area (TPSA) is 137 Å². The standard InChI is InChI=1S/C7H16O.C7H14O.C7H16O.C7H14O.C7H16.C6H12O.C6H14O.C6H12O.2C6H12.C5H10O.C2H6.4CH4/c2*1-5-6(8)7(2,3)4;2*1-5(2)7(8)6(3)4;1-5-6-7(2,3)4;1-4(2)6-5(3)7-6;2*1-4-6(7)5(2)3;2*1-4-5-6(2)3;1-4-5(2,3)6-4;1-2;;;;/h6,8H,5H2,1-4H3;5H2,1-4H3;5-8H,1-4H3;5-6H,1-4H3;5-6H2,1-4H3;4-6H,1-3H3;5-7H,4H2,1-3H3;5H,4H2,1-3H3;5H,4H2,1-3H3;4-6H,1-3H3;4H,1-3H3;1-2H3;4*1H4. The molecule has 0 aromatic carbocycles. The van der Waals surface area contributed by atoms with Gasteiger partial charge in [0.15, 0.2) is 0 Å². The number of allylic oxidation sites excluding steroid dienone is 4. The second-order valence-corrected chi connectivity index (χ2v) is 27.9. The fourth-order valence-electron chi connectivity index (χ4n) is 6.33. The zero-order valence-corrected chi connectivity index (χ0v) is 62.1. The maximum Gasteiger partial charge on any atom is 0.137 e. The molecule has 0 saturated carbocycles. The van der Waals surface area contributed by atoms with E-state index >= 15 is 0 Å². The van der Waals surface area contributed by atoms with Gasteiger partial charge in [-0.1, -0.05) is 288 Å². The Morgan fingerprint density at radius 3 is 0.940 bits per heavy atom. The summed E-state index contributed by atoms with van der Waals surface area (Å²) in [5, 5.41) is 27.3. The first-order valence-corrected chi connectivity index (χ1v) is 32.1. The van der Waals surface area contributed by atoms with Crippen LogP contribution in [0.25, 0.3) is 0 Å². The van der Waals surface area contributed by atoms with Gasteiger partial charge in [-0.15, -0.1) is 0 Å². The van der Waals surface area contributed by atoms with E-state index in [4.69, 9.17) is 14.6 Å². The van der Waals surface area contributed by atoms with Crippen LogP contribution < -0.4 is 0 Å². The lowest BCUT2D eigenvalue weighted by molar-refractivity contribution is -0.126. The molecule has 8 heteroatoms. The molecule has 2 aliphatic rings. The fraction of sp³-hybridized carbons (Fsp3) is 0.908. The van der Waals surface area contributed by atoms with Gasteiger partial charge >= 0.3 is 0 Å². The summed E-state index contributed by atoms with van der Waals surface area (Å²) in [5.74, 6) is 4.32. The SMILES string of the molecule is C.C.C.C.CC.CC(C)C(=O)C(C)C.CC(C)C(O)C(C)C.CC(C)C1OC1C.CC1OC1(C)C.CC=CC(C)C.CCC(=O)C(C)(C)C.CCC(=O)C(C)C.CCC(O)C(C)(C)C.CCC(O)C(C)C.CCC=C(C)C.CCCC(C)(C)C. The first-order valence-electron chi connectivity index (χ1n) is 32.1. The molecule has 3 N–H and O–H groups in total. The Hall–Kier alpha value is -1.71. The second-order valence-electron chi connectivity index (χ2n) is 27.9. The summed E-state index contributed by atoms with van der Waals surface area (Å²) in [6, 6.07) is 0. The molecule has 2 aliphatic heterocycles. The van der Waals surface area contributed by atoms with Crippen LogP contribution >= 0.6 is 0 Å². The number of carbonyl (C=O) groups excluding carboxylic acids is 3. The van der Waals surface area contributed by atoms with Crippen molar-refractivity contribution in [1.29, 1.82) is 0 Å². The zero-order valence-electron chi connectivity index (χ0n) is 62.1. The highest BCUT2D eigenvalue weighted by atomic mass is 16.6. The lowest BCUT2D eigenvalue weighted by atomic mass is 9.88. The Balaban J connectivity index is -0.0000000531. The van der Waals surface area contributed by atoms with Gasteiger partial charge in [-0.25, -0.2) is 0 Å². The molecule has 2 heterocycles. The van der Waals surface area contributed by atoms with Crippen molar-refractivity contribution in [3.05, 3.63) is 23.8 Å². The van der Waals surface area contributed by atoms with Crippen molar-refractivity contribution in [3.8, 4) is 0 Å². The van der Waals surface area contributed by atoms with Crippen LogP contribution in [0.2, 0.25) is 0 Å². The average Bonchev–Trinajstić information content (AvgIpc) is 4.21. The fourth-order valence-corrected chi connectivity index (χ4v) is 6.33. The lowest BCUT2D eigenvalue weighted by Gasteiger charge is -2.24. The normalized spacial score (nSPS) is 15.4. The average molecular weight is 1210 g/mol. The first kappa shape index (κ1) is 117. The smallest absolute Gasteiger partial charge is 0.137 e. The predicted molar refractivity (Wildman–Crippen MR) is 388 cm³/mol. The van der Waals surface area contributed by atoms with E-state index in [2.05, 4.69) is 122 Å². The third-order valence-electron chi connectivity index (χ3n) is 12.2. The van der Waals surface area contributed by atoms with E-state index in [9.17, 15) is 24.6 Å². The van der Waals surface area contributed by atoms with E-state index in [0.29, 0.717) is 71.7 Å². The summed E-state index contributed by atoms with van der Waals surface area (Å²) in [5.41, 5.74) is 2.11. The van der Waals surface area contributed by atoms with Crippen LogP contribution in [-0.2, 0) is 23.9 Å². The minimum atomic E-state index is -0.150. The van der Waals surface area contributed by atoms with Crippen molar-refractivity contribution in [2.45, 2.75) is 394 Å². The van der Waals surface area contributed by atoms with E-state index in [0.717, 1.165) is 24.7 Å². The summed E-state index contributed by atoms with van der Waals surface area (Å²) in [7, 11) is 0. The van der Waals surface area contributed by atoms with E-state index in [1.807, 2.05) is 173 Å². The number of rotatable bonds is 14. The number of carbonyl (C=O) groups is 3. The predicted octanol–water partition coefficient (Wildman–Crippen LogP) is 24.0. The molecule has 5 unspecified atom stereocenters. The Labute approximate surface area is 535 Å². The van der Waals surface area contributed by atoms with E-state index in [1.54, 1.807) is 0 Å². The maximum absolute atomic E-state index is 10.8. The quantitative estimate of drug-likeness (QED) is 0.116. The number of Topliss-reactive ketones (excluding diaryl/α,β-unsaturated/α-hetero) is 3. The summed E-state index contributed by atoms with van der Waals surface area (Å²) in [6.45, 7) is 82.0. The van der Waals surface area contributed by atoms with Crippen molar-refractivity contribution in [3.63, 3.8) is 0 Å². The summed E-state index contributed by atoms with van der Waals surface area (Å²) >= 11 is 0. The third kappa shape index (κ3) is 99.3. The number of ether oxygens (including phenoxy) is 2. The van der Waals surface area contributed by atoms with Crippen LogP contribution in [-0.4, -0.2) is 74.9 Å². The molecule has 8 nitrogen and oxygen atoms in total. The van der Waals surface area contributed by atoms with Crippen molar-refractivity contribution < 1.29 is 39.2 Å². The molecular weight excluding hydrogens is 1040 g/mol. The molecule has 0 amide bonds. The van der Waals surface area contributed by atoms with Gasteiger partial charge in [0.2, 0.25) is 0 Å². The molecule has 84 heavy (non-hydrogen) atoms. The monoisotopic (exact) mass is 1210 g/mol. The molecular formula is C76H170O8. The number of aliphatic hydroxyl groups excluding tert-OH is 3. The van der Waals surface area contributed by atoms with Gasteiger partial charge in [0.05, 0.1) is 42.2 Å². The van der Waals surface area contributed by atoms with Gasteiger partial charge in [-0.2, -0.15) is 0 Å². The Morgan fingerprint density at radius 1 is 0.595 bits per heavy atom. The number of epoxide rings is 2. The Morgan fingerprint density at radius 2 is 0.940 bits per heavy atom. The van der Waals surface area contributed by atoms with Crippen LogP contribution in [0.15, 0.2) is 23.8 Å². The molecule has 0 bridgehead atoms. The van der Waals surface area contributed by atoms with Gasteiger partial charge in [-0.05, 0) is 115 Å². The molecule has 0 aliphatic carbocycles. The van der Waals surface area contributed by atoms with Crippen molar-refractivity contribution >= 4 is 17.3 Å². The van der Waals surface area contributed by atoms with Crippen LogP contribution in [0, 0.1) is 63.6 Å². The highest BCUT2D eigenvalue weighted by Gasteiger charge is 2.43. The van der Waals surface area contributed by atoms with Gasteiger partial charge in [0.25, 0.3) is 0 Å². The van der Waals surface area contributed by atoms with Crippen LogP contribution in [0.3, 0.4) is 0 Å². The summed E-state index contributed by atoms with van der Waals surface area (Å²) in [4.78, 5) is 32.2. The molecule has 2 fully saturated rings. The van der Waals surface area contributed by atoms with Crippen molar-refractivity contribution in [1.82, 2.24) is 0 Å². The van der Waals surface area contributed by atoms with Crippen molar-refractivity contribution in [2.24, 2.45) is 63.6 Å². The highest BCUT2D eigenvalue weighted by Crippen LogP contribution is 2.34. The number of ketones is 3. The van der Waals surface area contributed by atoms with Crippen LogP contribution in [0.4, 0.5) is 0 Å². The van der Waals surface area contributed by atoms with Gasteiger partial charge in [0, 0.05) is 36.0 Å². The maximum atomic E-state index is 10.8. The van der Waals surface area contributed by atoms with Gasteiger partial charge in [0.1, 0.15) is 17.3 Å². The molecule has 2 saturated heterocycles. The molecule has 2 rings (SSSR count). The zero-order chi connectivity index (χ0) is 66.9. The van der Waals surface area contributed by atoms with E-state index < -0.39 is 0 Å². The molecule has 0 spiro atoms. The second kappa shape index (κ2) is 67.2. The molecule has 0 aromatic heterocycles. The van der Waals surface area contributed by atoms with Gasteiger partial charge < -0.3 is 24.8 Å². The molecule has 5 atom stereocenters. The van der Waals surface area contributed by atoms with Gasteiger partial charge in [-0.3, -0.25) is 14.4 Å². The minimum Gasteiger partial charge on any atom is -0.393 e. The van der Waals surface area contributed by atoms with E-state index in [1.165, 1.54) is 24.8 Å². The number of hydrogen-bond donors (Lipinski definition) is 3. The largest absolute Gasteiger partial charge is 0.393 e. The van der Waals surface area contributed by atoms with Crippen molar-refractivity contribution in [2.75, 3.05) is 0 Å². The van der Waals surface area contributed by atoms with E-state index in [-0.39, 0.29) is 82.2 Å². The van der Waals surface area contributed by atoms with Crippen LogP contribution in [0.1, 0.15) is 352 Å². The minimum absolute atomic E-state index is 0. The molecule has 0 aromatic rings. The summed E-state index contributed by atoms with van der Waals surface area (Å²) in [6.07, 6.45) is 14.6. The molecule has 0 radical (unpaired) electrons. The Kier molecular flexibility index (Phi) is 93.3.